The highest BCUT2D eigenvalue weighted by atomic mass is 19.1. The normalized spacial score (nSPS) is 17.6. The molecule has 1 fully saturated rings. The van der Waals surface area contributed by atoms with Crippen molar-refractivity contribution in [1.82, 2.24) is 4.90 Å². The van der Waals surface area contributed by atoms with E-state index >= 15 is 0 Å². The lowest BCUT2D eigenvalue weighted by atomic mass is 9.84. The Labute approximate surface area is 143 Å². The fraction of sp³-hybridized carbons (Fsp3) is 0.400. The van der Waals surface area contributed by atoms with E-state index in [2.05, 4.69) is 29.2 Å². The smallest absolute Gasteiger partial charge is 0.131 e. The summed E-state index contributed by atoms with van der Waals surface area (Å²) in [5.74, 6) is 0.346. The molecule has 4 heteroatoms. The average Bonchev–Trinajstić information content (AvgIpc) is 2.65. The SMILES string of the molecule is COc1ccc(CN2CCC(OC)(c3ccccc3)CC2)c(F)c1. The van der Waals surface area contributed by atoms with Gasteiger partial charge in [-0.15, -0.1) is 0 Å². The lowest BCUT2D eigenvalue weighted by Gasteiger charge is -2.41. The summed E-state index contributed by atoms with van der Waals surface area (Å²) in [5.41, 5.74) is 1.71. The molecule has 1 saturated heterocycles. The van der Waals surface area contributed by atoms with Gasteiger partial charge in [0.2, 0.25) is 0 Å². The van der Waals surface area contributed by atoms with E-state index < -0.39 is 0 Å². The van der Waals surface area contributed by atoms with Crippen molar-refractivity contribution in [3.63, 3.8) is 0 Å². The second-order valence-corrected chi connectivity index (χ2v) is 6.30. The standard InChI is InChI=1S/C20H24FNO2/c1-23-18-9-8-16(19(21)14-18)15-22-12-10-20(24-2,11-13-22)17-6-4-3-5-7-17/h3-9,14H,10-13,15H2,1-2H3. The van der Waals surface area contributed by atoms with Crippen LogP contribution >= 0.6 is 0 Å². The fourth-order valence-electron chi connectivity index (χ4n) is 3.45. The minimum Gasteiger partial charge on any atom is -0.497 e. The van der Waals surface area contributed by atoms with Crippen molar-refractivity contribution < 1.29 is 13.9 Å². The van der Waals surface area contributed by atoms with Crippen molar-refractivity contribution in [3.05, 3.63) is 65.5 Å². The van der Waals surface area contributed by atoms with Crippen molar-refractivity contribution >= 4 is 0 Å². The molecule has 0 amide bonds. The van der Waals surface area contributed by atoms with Gasteiger partial charge in [0.05, 0.1) is 12.7 Å². The predicted octanol–water partition coefficient (Wildman–Crippen LogP) is 3.97. The van der Waals surface area contributed by atoms with Crippen LogP contribution in [-0.4, -0.2) is 32.2 Å². The fourth-order valence-corrected chi connectivity index (χ4v) is 3.45. The molecule has 0 N–H and O–H groups in total. The minimum absolute atomic E-state index is 0.207. The average molecular weight is 329 g/mol. The molecule has 0 saturated carbocycles. The van der Waals surface area contributed by atoms with Crippen molar-refractivity contribution in [2.24, 2.45) is 0 Å². The number of hydrogen-bond acceptors (Lipinski definition) is 3. The molecule has 24 heavy (non-hydrogen) atoms. The highest BCUT2D eigenvalue weighted by Crippen LogP contribution is 2.36. The summed E-state index contributed by atoms with van der Waals surface area (Å²) in [6.07, 6.45) is 1.82. The lowest BCUT2D eigenvalue weighted by molar-refractivity contribution is -0.0638. The maximum absolute atomic E-state index is 14.1. The van der Waals surface area contributed by atoms with Crippen LogP contribution in [0.5, 0.6) is 5.75 Å². The molecule has 0 bridgehead atoms. The number of ether oxygens (including phenoxy) is 2. The van der Waals surface area contributed by atoms with Gasteiger partial charge in [-0.25, -0.2) is 4.39 Å². The predicted molar refractivity (Wildman–Crippen MR) is 92.6 cm³/mol. The number of benzene rings is 2. The molecular weight excluding hydrogens is 305 g/mol. The Bertz CT molecular complexity index is 667. The summed E-state index contributed by atoms with van der Waals surface area (Å²) in [7, 11) is 3.33. The maximum atomic E-state index is 14.1. The lowest BCUT2D eigenvalue weighted by Crippen LogP contribution is -2.43. The number of piperidine rings is 1. The van der Waals surface area contributed by atoms with Crippen LogP contribution in [0.2, 0.25) is 0 Å². The van der Waals surface area contributed by atoms with E-state index in [-0.39, 0.29) is 11.4 Å². The molecule has 0 unspecified atom stereocenters. The zero-order valence-electron chi connectivity index (χ0n) is 14.3. The van der Waals surface area contributed by atoms with E-state index in [1.165, 1.54) is 11.6 Å². The number of rotatable bonds is 5. The number of hydrogen-bond donors (Lipinski definition) is 0. The zero-order valence-corrected chi connectivity index (χ0v) is 14.3. The van der Waals surface area contributed by atoms with Crippen molar-refractivity contribution in [1.29, 1.82) is 0 Å². The van der Waals surface area contributed by atoms with E-state index in [0.29, 0.717) is 17.9 Å². The summed E-state index contributed by atoms with van der Waals surface area (Å²) in [4.78, 5) is 2.28. The Balaban J connectivity index is 1.66. The first-order valence-corrected chi connectivity index (χ1v) is 8.32. The Morgan fingerprint density at radius 3 is 2.33 bits per heavy atom. The van der Waals surface area contributed by atoms with Gasteiger partial charge in [-0.05, 0) is 24.5 Å². The summed E-state index contributed by atoms with van der Waals surface area (Å²) >= 11 is 0. The van der Waals surface area contributed by atoms with E-state index in [4.69, 9.17) is 9.47 Å². The van der Waals surface area contributed by atoms with Crippen LogP contribution in [0.15, 0.2) is 48.5 Å². The zero-order chi connectivity index (χ0) is 17.0. The topological polar surface area (TPSA) is 21.7 Å². The molecule has 0 spiro atoms. The highest BCUT2D eigenvalue weighted by Gasteiger charge is 2.36. The molecule has 3 nitrogen and oxygen atoms in total. The molecule has 128 valence electrons. The number of likely N-dealkylation sites (tertiary alicyclic amines) is 1. The van der Waals surface area contributed by atoms with Crippen LogP contribution in [-0.2, 0) is 16.9 Å². The molecule has 0 atom stereocenters. The quantitative estimate of drug-likeness (QED) is 0.828. The van der Waals surface area contributed by atoms with Crippen LogP contribution in [0.25, 0.3) is 0 Å². The van der Waals surface area contributed by atoms with Crippen LogP contribution in [0.4, 0.5) is 4.39 Å². The molecular formula is C20H24FNO2. The molecule has 1 aliphatic rings. The van der Waals surface area contributed by atoms with Crippen molar-refractivity contribution in [3.8, 4) is 5.75 Å². The highest BCUT2D eigenvalue weighted by molar-refractivity contribution is 5.29. The van der Waals surface area contributed by atoms with E-state index in [0.717, 1.165) is 25.9 Å². The molecule has 0 radical (unpaired) electrons. The van der Waals surface area contributed by atoms with Crippen molar-refractivity contribution in [2.45, 2.75) is 25.0 Å². The second kappa shape index (κ2) is 7.32. The first-order valence-electron chi connectivity index (χ1n) is 8.32. The van der Waals surface area contributed by atoms with E-state index in [1.54, 1.807) is 14.2 Å². The Kier molecular flexibility index (Phi) is 5.17. The Morgan fingerprint density at radius 1 is 1.04 bits per heavy atom. The van der Waals surface area contributed by atoms with Crippen LogP contribution in [0, 0.1) is 5.82 Å². The van der Waals surface area contributed by atoms with E-state index in [9.17, 15) is 4.39 Å². The van der Waals surface area contributed by atoms with Crippen LogP contribution < -0.4 is 4.74 Å². The third-order valence-corrected chi connectivity index (χ3v) is 5.01. The number of halogens is 1. The largest absolute Gasteiger partial charge is 0.497 e. The monoisotopic (exact) mass is 329 g/mol. The number of nitrogens with zero attached hydrogens (tertiary/aromatic N) is 1. The molecule has 3 rings (SSSR count). The van der Waals surface area contributed by atoms with Gasteiger partial charge in [0.1, 0.15) is 11.6 Å². The third-order valence-electron chi connectivity index (χ3n) is 5.01. The van der Waals surface area contributed by atoms with Gasteiger partial charge >= 0.3 is 0 Å². The molecule has 2 aromatic carbocycles. The number of methoxy groups -OCH3 is 2. The molecule has 1 aliphatic heterocycles. The third kappa shape index (κ3) is 3.45. The Morgan fingerprint density at radius 2 is 1.75 bits per heavy atom. The summed E-state index contributed by atoms with van der Waals surface area (Å²) in [6.45, 7) is 2.38. The summed E-state index contributed by atoms with van der Waals surface area (Å²) in [5, 5.41) is 0. The molecule has 2 aromatic rings. The van der Waals surface area contributed by atoms with Crippen LogP contribution in [0.3, 0.4) is 0 Å². The second-order valence-electron chi connectivity index (χ2n) is 6.30. The summed E-state index contributed by atoms with van der Waals surface area (Å²) in [6, 6.07) is 15.4. The first kappa shape index (κ1) is 16.9. The van der Waals surface area contributed by atoms with Gasteiger partial charge < -0.3 is 9.47 Å². The maximum Gasteiger partial charge on any atom is 0.131 e. The van der Waals surface area contributed by atoms with Gasteiger partial charge in [-0.3, -0.25) is 4.90 Å². The minimum atomic E-state index is -0.226. The van der Waals surface area contributed by atoms with Gasteiger partial charge in [0.15, 0.2) is 0 Å². The molecule has 1 heterocycles. The molecule has 0 aliphatic carbocycles. The molecule has 0 aromatic heterocycles. The van der Waals surface area contributed by atoms with Gasteiger partial charge in [0, 0.05) is 38.4 Å². The van der Waals surface area contributed by atoms with Gasteiger partial charge in [-0.1, -0.05) is 36.4 Å². The Hall–Kier alpha value is -1.91. The van der Waals surface area contributed by atoms with Crippen molar-refractivity contribution in [2.75, 3.05) is 27.3 Å². The summed E-state index contributed by atoms with van der Waals surface area (Å²) < 4.78 is 25.1. The van der Waals surface area contributed by atoms with Gasteiger partial charge in [0.25, 0.3) is 0 Å². The van der Waals surface area contributed by atoms with Crippen LogP contribution in [0.1, 0.15) is 24.0 Å². The van der Waals surface area contributed by atoms with E-state index in [1.807, 2.05) is 18.2 Å². The van der Waals surface area contributed by atoms with Gasteiger partial charge in [-0.2, -0.15) is 0 Å². The first-order chi connectivity index (χ1) is 11.7.